The zero-order valence-electron chi connectivity index (χ0n) is 10.4. The van der Waals surface area contributed by atoms with E-state index in [4.69, 9.17) is 0 Å². The minimum absolute atomic E-state index is 0.625. The van der Waals surface area contributed by atoms with Gasteiger partial charge in [-0.25, -0.2) is 0 Å². The molecule has 1 nitrogen and oxygen atoms in total. The molecule has 1 saturated heterocycles. The molecule has 3 rings (SSSR count). The van der Waals surface area contributed by atoms with E-state index in [0.717, 1.165) is 12.5 Å². The van der Waals surface area contributed by atoms with Crippen LogP contribution in [0, 0.1) is 0 Å². The highest BCUT2D eigenvalue weighted by atomic mass is 15.3. The van der Waals surface area contributed by atoms with E-state index in [1.807, 2.05) is 0 Å². The Labute approximate surface area is 104 Å². The fraction of sp³-hybridized carbons (Fsp3) is 0.500. The van der Waals surface area contributed by atoms with E-state index in [1.54, 1.807) is 0 Å². The smallest absolute Gasteiger partial charge is 0.0725 e. The first-order chi connectivity index (χ1) is 8.36. The Morgan fingerprint density at radius 2 is 1.76 bits per heavy atom. The molecule has 1 aliphatic carbocycles. The molecule has 1 heteroatoms. The summed E-state index contributed by atoms with van der Waals surface area (Å²) in [5, 5.41) is 0. The second-order valence-corrected chi connectivity index (χ2v) is 5.40. The summed E-state index contributed by atoms with van der Waals surface area (Å²) in [6.45, 7) is 4.23. The fourth-order valence-corrected chi connectivity index (χ4v) is 3.20. The Kier molecular flexibility index (Phi) is 2.92. The molecule has 0 bridgehead atoms. The van der Waals surface area contributed by atoms with Gasteiger partial charge in [-0.2, -0.15) is 0 Å². The van der Waals surface area contributed by atoms with Gasteiger partial charge in [0.1, 0.15) is 0 Å². The van der Waals surface area contributed by atoms with Gasteiger partial charge in [0.05, 0.1) is 6.04 Å². The quantitative estimate of drug-likeness (QED) is 0.710. The average molecular weight is 227 g/mol. The maximum atomic E-state index is 4.23. The van der Waals surface area contributed by atoms with Crippen molar-refractivity contribution in [2.24, 2.45) is 0 Å². The van der Waals surface area contributed by atoms with Crippen LogP contribution in [0.5, 0.6) is 0 Å². The summed E-state index contributed by atoms with van der Waals surface area (Å²) in [7, 11) is 0. The lowest BCUT2D eigenvalue weighted by molar-refractivity contribution is 0.289. The van der Waals surface area contributed by atoms with Gasteiger partial charge < -0.3 is 4.90 Å². The Hall–Kier alpha value is -1.24. The molecule has 2 aliphatic rings. The second-order valence-electron chi connectivity index (χ2n) is 5.40. The summed E-state index contributed by atoms with van der Waals surface area (Å²) in [4.78, 5) is 2.58. The highest BCUT2D eigenvalue weighted by Gasteiger charge is 2.43. The average Bonchev–Trinajstić information content (AvgIpc) is 3.02. The molecule has 0 aromatic heterocycles. The van der Waals surface area contributed by atoms with Crippen LogP contribution in [-0.2, 0) is 6.42 Å². The highest BCUT2D eigenvalue weighted by molar-refractivity contribution is 5.30. The maximum absolute atomic E-state index is 4.23. The van der Waals surface area contributed by atoms with Crippen LogP contribution in [0.15, 0.2) is 42.6 Å². The first kappa shape index (κ1) is 10.9. The molecule has 2 fully saturated rings. The van der Waals surface area contributed by atoms with Crippen molar-refractivity contribution in [1.82, 2.24) is 4.90 Å². The molecule has 0 radical (unpaired) electrons. The molecule has 1 aromatic carbocycles. The number of hydrogen-bond donors (Lipinski definition) is 0. The molecule has 1 saturated carbocycles. The molecule has 1 aliphatic heterocycles. The summed E-state index contributed by atoms with van der Waals surface area (Å²) in [5.74, 6) is 0. The zero-order chi connectivity index (χ0) is 11.7. The van der Waals surface area contributed by atoms with Gasteiger partial charge in [0.25, 0.3) is 0 Å². The number of nitrogens with zero attached hydrogens (tertiary/aromatic N) is 1. The lowest BCUT2D eigenvalue weighted by atomic mass is 9.95. The second kappa shape index (κ2) is 4.56. The number of benzene rings is 1. The van der Waals surface area contributed by atoms with E-state index in [-0.39, 0.29) is 0 Å². The summed E-state index contributed by atoms with van der Waals surface area (Å²) >= 11 is 0. The first-order valence-electron chi connectivity index (χ1n) is 6.87. The lowest BCUT2D eigenvalue weighted by Crippen LogP contribution is -2.23. The van der Waals surface area contributed by atoms with Crippen LogP contribution < -0.4 is 0 Å². The Morgan fingerprint density at radius 1 is 1.06 bits per heavy atom. The predicted molar refractivity (Wildman–Crippen MR) is 71.8 cm³/mol. The summed E-state index contributed by atoms with van der Waals surface area (Å²) < 4.78 is 0. The molecule has 0 N–H and O–H groups in total. The normalized spacial score (nSPS) is 25.1. The molecular weight excluding hydrogens is 206 g/mol. The molecular formula is C16H21N. The Morgan fingerprint density at radius 3 is 2.47 bits per heavy atom. The van der Waals surface area contributed by atoms with Gasteiger partial charge in [0, 0.05) is 11.7 Å². The molecule has 17 heavy (non-hydrogen) atoms. The van der Waals surface area contributed by atoms with Crippen molar-refractivity contribution in [1.29, 1.82) is 0 Å². The van der Waals surface area contributed by atoms with E-state index in [0.29, 0.717) is 6.04 Å². The standard InChI is InChI=1S/C16H21N/c1-13-16(12-14-8-4-2-5-9-14)17(13)15-10-6-3-7-11-15/h2,4-5,8-9,15-16H,1,3,6-7,10-12H2. The van der Waals surface area contributed by atoms with E-state index in [9.17, 15) is 0 Å². The summed E-state index contributed by atoms with van der Waals surface area (Å²) in [5.41, 5.74) is 2.82. The van der Waals surface area contributed by atoms with Crippen molar-refractivity contribution in [3.8, 4) is 0 Å². The predicted octanol–water partition coefficient (Wildman–Crippen LogP) is 3.76. The van der Waals surface area contributed by atoms with E-state index in [1.165, 1.54) is 43.4 Å². The van der Waals surface area contributed by atoms with E-state index in [2.05, 4.69) is 41.8 Å². The van der Waals surface area contributed by atoms with Crippen molar-refractivity contribution in [2.45, 2.75) is 50.6 Å². The molecule has 0 spiro atoms. The Bertz CT molecular complexity index is 389. The van der Waals surface area contributed by atoms with Gasteiger partial charge in [-0.1, -0.05) is 56.2 Å². The third-order valence-corrected chi connectivity index (χ3v) is 4.22. The Balaban J connectivity index is 1.61. The molecule has 90 valence electrons. The maximum Gasteiger partial charge on any atom is 0.0725 e. The third kappa shape index (κ3) is 2.24. The van der Waals surface area contributed by atoms with Crippen LogP contribution in [0.2, 0.25) is 0 Å². The molecule has 1 aromatic rings. The number of rotatable bonds is 3. The third-order valence-electron chi connectivity index (χ3n) is 4.22. The molecule has 0 amide bonds. The summed E-state index contributed by atoms with van der Waals surface area (Å²) in [6, 6.07) is 12.2. The van der Waals surface area contributed by atoms with Crippen LogP contribution in [0.1, 0.15) is 37.7 Å². The molecule has 1 heterocycles. The number of hydrogen-bond acceptors (Lipinski definition) is 1. The van der Waals surface area contributed by atoms with Crippen molar-refractivity contribution in [3.05, 3.63) is 48.2 Å². The SMILES string of the molecule is C=C1C(Cc2ccccc2)N1C1CCCCC1. The van der Waals surface area contributed by atoms with Gasteiger partial charge in [-0.05, 0) is 24.8 Å². The van der Waals surface area contributed by atoms with Crippen LogP contribution in [0.25, 0.3) is 0 Å². The van der Waals surface area contributed by atoms with E-state index >= 15 is 0 Å². The summed E-state index contributed by atoms with van der Waals surface area (Å²) in [6.07, 6.45) is 8.16. The van der Waals surface area contributed by atoms with Crippen molar-refractivity contribution in [2.75, 3.05) is 0 Å². The van der Waals surface area contributed by atoms with Crippen LogP contribution in [-0.4, -0.2) is 17.0 Å². The largest absolute Gasteiger partial charge is 0.362 e. The lowest BCUT2D eigenvalue weighted by Gasteiger charge is -2.24. The van der Waals surface area contributed by atoms with Gasteiger partial charge >= 0.3 is 0 Å². The van der Waals surface area contributed by atoms with Gasteiger partial charge in [0.2, 0.25) is 0 Å². The zero-order valence-corrected chi connectivity index (χ0v) is 10.4. The van der Waals surface area contributed by atoms with E-state index < -0.39 is 0 Å². The highest BCUT2D eigenvalue weighted by Crippen LogP contribution is 2.40. The van der Waals surface area contributed by atoms with Crippen molar-refractivity contribution >= 4 is 0 Å². The minimum Gasteiger partial charge on any atom is -0.362 e. The fourth-order valence-electron chi connectivity index (χ4n) is 3.20. The van der Waals surface area contributed by atoms with Gasteiger partial charge in [0.15, 0.2) is 0 Å². The molecule has 1 atom stereocenters. The van der Waals surface area contributed by atoms with Crippen LogP contribution >= 0.6 is 0 Å². The monoisotopic (exact) mass is 227 g/mol. The topological polar surface area (TPSA) is 3.01 Å². The van der Waals surface area contributed by atoms with Crippen molar-refractivity contribution in [3.63, 3.8) is 0 Å². The minimum atomic E-state index is 0.625. The van der Waals surface area contributed by atoms with Crippen molar-refractivity contribution < 1.29 is 0 Å². The molecule has 1 unspecified atom stereocenters. The van der Waals surface area contributed by atoms with Crippen LogP contribution in [0.4, 0.5) is 0 Å². The van der Waals surface area contributed by atoms with Crippen LogP contribution in [0.3, 0.4) is 0 Å². The van der Waals surface area contributed by atoms with Gasteiger partial charge in [-0.3, -0.25) is 0 Å². The van der Waals surface area contributed by atoms with Gasteiger partial charge in [-0.15, -0.1) is 0 Å². The first-order valence-corrected chi connectivity index (χ1v) is 6.87.